The molecule has 0 unspecified atom stereocenters. The Hall–Kier alpha value is -1.39. The van der Waals surface area contributed by atoms with E-state index in [-0.39, 0.29) is 5.91 Å². The van der Waals surface area contributed by atoms with Crippen molar-refractivity contribution in [1.82, 2.24) is 10.2 Å². The largest absolute Gasteiger partial charge is 0.389 e. The van der Waals surface area contributed by atoms with Crippen molar-refractivity contribution in [3.63, 3.8) is 0 Å². The van der Waals surface area contributed by atoms with E-state index in [1.807, 2.05) is 32.0 Å². The number of hydrogen-bond acceptors (Lipinski definition) is 3. The molecule has 0 aromatic heterocycles. The topological polar surface area (TPSA) is 52.6 Å². The number of aliphatic hydroxyl groups is 1. The number of rotatable bonds is 8. The SMILES string of the molecule is CC(C)(O)CN(CCC(=O)NC1CCCC1)Cc1ccccc1. The van der Waals surface area contributed by atoms with Crippen LogP contribution in [0.25, 0.3) is 0 Å². The van der Waals surface area contributed by atoms with Crippen LogP contribution in [0.15, 0.2) is 30.3 Å². The van der Waals surface area contributed by atoms with E-state index in [4.69, 9.17) is 0 Å². The highest BCUT2D eigenvalue weighted by molar-refractivity contribution is 5.76. The molecule has 2 rings (SSSR count). The zero-order chi connectivity index (χ0) is 16.7. The van der Waals surface area contributed by atoms with Crippen LogP contribution >= 0.6 is 0 Å². The van der Waals surface area contributed by atoms with Gasteiger partial charge in [0.25, 0.3) is 0 Å². The van der Waals surface area contributed by atoms with E-state index < -0.39 is 5.60 Å². The lowest BCUT2D eigenvalue weighted by Crippen LogP contribution is -2.41. The number of carbonyl (C=O) groups excluding carboxylic acids is 1. The first-order valence-corrected chi connectivity index (χ1v) is 8.70. The number of benzene rings is 1. The van der Waals surface area contributed by atoms with E-state index in [0.717, 1.165) is 19.4 Å². The fourth-order valence-electron chi connectivity index (χ4n) is 3.23. The van der Waals surface area contributed by atoms with Crippen LogP contribution in [0.3, 0.4) is 0 Å². The molecule has 1 aromatic rings. The van der Waals surface area contributed by atoms with Gasteiger partial charge in [0.1, 0.15) is 0 Å². The summed E-state index contributed by atoms with van der Waals surface area (Å²) in [6.07, 6.45) is 5.17. The van der Waals surface area contributed by atoms with Crippen LogP contribution in [0.4, 0.5) is 0 Å². The van der Waals surface area contributed by atoms with E-state index in [9.17, 15) is 9.90 Å². The summed E-state index contributed by atoms with van der Waals surface area (Å²) >= 11 is 0. The van der Waals surface area contributed by atoms with Crippen LogP contribution in [-0.2, 0) is 11.3 Å². The van der Waals surface area contributed by atoms with E-state index >= 15 is 0 Å². The van der Waals surface area contributed by atoms with Gasteiger partial charge in [-0.1, -0.05) is 43.2 Å². The molecule has 1 saturated carbocycles. The molecule has 0 radical (unpaired) electrons. The van der Waals surface area contributed by atoms with Crippen LogP contribution in [0.1, 0.15) is 51.5 Å². The number of hydrogen-bond donors (Lipinski definition) is 2. The minimum absolute atomic E-state index is 0.130. The zero-order valence-corrected chi connectivity index (χ0v) is 14.4. The number of amides is 1. The average Bonchev–Trinajstić information content (AvgIpc) is 2.97. The standard InChI is InChI=1S/C19H30N2O2/c1-19(2,23)15-21(14-16-8-4-3-5-9-16)13-12-18(22)20-17-10-6-7-11-17/h3-5,8-9,17,23H,6-7,10-15H2,1-2H3,(H,20,22). The number of nitrogens with one attached hydrogen (secondary N) is 1. The summed E-state index contributed by atoms with van der Waals surface area (Å²) in [7, 11) is 0. The van der Waals surface area contributed by atoms with Gasteiger partial charge >= 0.3 is 0 Å². The average molecular weight is 318 g/mol. The van der Waals surface area contributed by atoms with Gasteiger partial charge in [0.15, 0.2) is 0 Å². The molecule has 0 atom stereocenters. The van der Waals surface area contributed by atoms with Gasteiger partial charge in [0.2, 0.25) is 5.91 Å². The molecule has 0 saturated heterocycles. The summed E-state index contributed by atoms with van der Waals surface area (Å²) in [6, 6.07) is 10.6. The third kappa shape index (κ3) is 7.14. The van der Waals surface area contributed by atoms with Gasteiger partial charge in [-0.25, -0.2) is 0 Å². The fourth-order valence-corrected chi connectivity index (χ4v) is 3.23. The Balaban J connectivity index is 1.84. The molecule has 23 heavy (non-hydrogen) atoms. The highest BCUT2D eigenvalue weighted by Crippen LogP contribution is 2.17. The third-order valence-electron chi connectivity index (χ3n) is 4.23. The minimum Gasteiger partial charge on any atom is -0.389 e. The third-order valence-corrected chi connectivity index (χ3v) is 4.23. The first-order valence-electron chi connectivity index (χ1n) is 8.70. The molecule has 0 spiro atoms. The molecule has 0 heterocycles. The van der Waals surface area contributed by atoms with Crippen molar-refractivity contribution in [3.8, 4) is 0 Å². The van der Waals surface area contributed by atoms with Crippen LogP contribution in [0.2, 0.25) is 0 Å². The Kier molecular flexibility index (Phi) is 6.60. The van der Waals surface area contributed by atoms with Crippen molar-refractivity contribution in [2.24, 2.45) is 0 Å². The Labute approximate surface area is 139 Å². The minimum atomic E-state index is -0.767. The second-order valence-corrected chi connectivity index (χ2v) is 7.31. The van der Waals surface area contributed by atoms with Crippen LogP contribution < -0.4 is 5.32 Å². The van der Waals surface area contributed by atoms with Crippen molar-refractivity contribution in [2.75, 3.05) is 13.1 Å². The van der Waals surface area contributed by atoms with Crippen molar-refractivity contribution in [3.05, 3.63) is 35.9 Å². The molecule has 1 aliphatic rings. The second kappa shape index (κ2) is 8.46. The van der Waals surface area contributed by atoms with Crippen molar-refractivity contribution in [2.45, 2.75) is 64.1 Å². The lowest BCUT2D eigenvalue weighted by molar-refractivity contribution is -0.122. The summed E-state index contributed by atoms with van der Waals surface area (Å²) < 4.78 is 0. The van der Waals surface area contributed by atoms with Gasteiger partial charge in [0.05, 0.1) is 5.60 Å². The van der Waals surface area contributed by atoms with Gasteiger partial charge in [-0.2, -0.15) is 0 Å². The lowest BCUT2D eigenvalue weighted by Gasteiger charge is -2.29. The van der Waals surface area contributed by atoms with Crippen LogP contribution in [0.5, 0.6) is 0 Å². The van der Waals surface area contributed by atoms with Gasteiger partial charge in [-0.05, 0) is 32.3 Å². The predicted molar refractivity (Wildman–Crippen MR) is 93.0 cm³/mol. The van der Waals surface area contributed by atoms with Gasteiger partial charge in [-0.3, -0.25) is 9.69 Å². The van der Waals surface area contributed by atoms with Gasteiger partial charge < -0.3 is 10.4 Å². The maximum Gasteiger partial charge on any atom is 0.221 e. The second-order valence-electron chi connectivity index (χ2n) is 7.31. The molecule has 128 valence electrons. The molecule has 4 nitrogen and oxygen atoms in total. The highest BCUT2D eigenvalue weighted by Gasteiger charge is 2.21. The summed E-state index contributed by atoms with van der Waals surface area (Å²) in [5.74, 6) is 0.130. The monoisotopic (exact) mass is 318 g/mol. The maximum atomic E-state index is 12.1. The molecule has 1 amide bonds. The normalized spacial score (nSPS) is 16.0. The van der Waals surface area contributed by atoms with Crippen LogP contribution in [0, 0.1) is 0 Å². The molecule has 4 heteroatoms. The van der Waals surface area contributed by atoms with Gasteiger partial charge in [-0.15, -0.1) is 0 Å². The van der Waals surface area contributed by atoms with Crippen LogP contribution in [-0.4, -0.2) is 40.6 Å². The molecule has 1 fully saturated rings. The molecular weight excluding hydrogens is 288 g/mol. The maximum absolute atomic E-state index is 12.1. The van der Waals surface area contributed by atoms with E-state index in [0.29, 0.717) is 25.6 Å². The quantitative estimate of drug-likeness (QED) is 0.775. The Morgan fingerprint density at radius 1 is 1.26 bits per heavy atom. The van der Waals surface area contributed by atoms with Crippen molar-refractivity contribution < 1.29 is 9.90 Å². The number of carbonyl (C=O) groups is 1. The van der Waals surface area contributed by atoms with Crippen molar-refractivity contribution in [1.29, 1.82) is 0 Å². The summed E-state index contributed by atoms with van der Waals surface area (Å²) in [6.45, 7) is 5.59. The Morgan fingerprint density at radius 2 is 1.91 bits per heavy atom. The van der Waals surface area contributed by atoms with E-state index in [1.165, 1.54) is 18.4 Å². The van der Waals surface area contributed by atoms with Gasteiger partial charge in [0, 0.05) is 32.1 Å². The predicted octanol–water partition coefficient (Wildman–Crippen LogP) is 2.71. The zero-order valence-electron chi connectivity index (χ0n) is 14.4. The molecule has 0 bridgehead atoms. The molecule has 0 aliphatic heterocycles. The summed E-state index contributed by atoms with van der Waals surface area (Å²) in [5, 5.41) is 13.3. The van der Waals surface area contributed by atoms with E-state index in [1.54, 1.807) is 0 Å². The highest BCUT2D eigenvalue weighted by atomic mass is 16.3. The molecule has 1 aromatic carbocycles. The van der Waals surface area contributed by atoms with Crippen molar-refractivity contribution >= 4 is 5.91 Å². The summed E-state index contributed by atoms with van der Waals surface area (Å²) in [5.41, 5.74) is 0.435. The fraction of sp³-hybridized carbons (Fsp3) is 0.632. The first-order chi connectivity index (χ1) is 10.9. The number of nitrogens with zero attached hydrogens (tertiary/aromatic N) is 1. The lowest BCUT2D eigenvalue weighted by atomic mass is 10.1. The molecule has 1 aliphatic carbocycles. The summed E-state index contributed by atoms with van der Waals surface area (Å²) in [4.78, 5) is 14.3. The Bertz CT molecular complexity index is 476. The smallest absolute Gasteiger partial charge is 0.221 e. The molecular formula is C19H30N2O2. The molecule has 2 N–H and O–H groups in total. The first kappa shape index (κ1) is 18.0. The van der Waals surface area contributed by atoms with E-state index in [2.05, 4.69) is 22.3 Å². The Morgan fingerprint density at radius 3 is 2.52 bits per heavy atom.